The zero-order valence-corrected chi connectivity index (χ0v) is 17.0. The molecule has 3 aromatic heterocycles. The maximum absolute atomic E-state index is 12.8. The summed E-state index contributed by atoms with van der Waals surface area (Å²) < 4.78 is 40.5. The van der Waals surface area contributed by atoms with Crippen LogP contribution < -0.4 is 0 Å². The van der Waals surface area contributed by atoms with Crippen LogP contribution in [0, 0.1) is 6.92 Å². The quantitative estimate of drug-likeness (QED) is 0.472. The van der Waals surface area contributed by atoms with E-state index in [1.807, 2.05) is 18.5 Å². The standard InChI is InChI=1S/C21H18F3N5S/c1-13-18(29-8-9-30-20(29)26-13)12-28-7-6-17-15(11-28)10-25-19(27-17)14-2-4-16(5-3-14)21(22,23)24/h2-5,8-10H,6-7,11-12H2,1H3. The van der Waals surface area contributed by atoms with Crippen molar-refractivity contribution in [2.45, 2.75) is 32.6 Å². The highest BCUT2D eigenvalue weighted by atomic mass is 32.1. The summed E-state index contributed by atoms with van der Waals surface area (Å²) in [6.07, 6.45) is 0.273. The molecule has 1 aliphatic rings. The van der Waals surface area contributed by atoms with E-state index in [4.69, 9.17) is 0 Å². The van der Waals surface area contributed by atoms with Crippen molar-refractivity contribution in [3.63, 3.8) is 0 Å². The molecule has 30 heavy (non-hydrogen) atoms. The summed E-state index contributed by atoms with van der Waals surface area (Å²) in [6.45, 7) is 4.42. The number of nitrogens with zero attached hydrogens (tertiary/aromatic N) is 5. The van der Waals surface area contributed by atoms with Gasteiger partial charge < -0.3 is 0 Å². The number of hydrogen-bond acceptors (Lipinski definition) is 5. The zero-order valence-electron chi connectivity index (χ0n) is 16.1. The average Bonchev–Trinajstić information content (AvgIpc) is 3.29. The smallest absolute Gasteiger partial charge is 0.293 e. The Bertz CT molecular complexity index is 1210. The predicted molar refractivity (Wildman–Crippen MR) is 108 cm³/mol. The lowest BCUT2D eigenvalue weighted by Crippen LogP contribution is -2.31. The molecule has 1 aliphatic heterocycles. The third-order valence-corrected chi connectivity index (χ3v) is 6.17. The topological polar surface area (TPSA) is 46.3 Å². The highest BCUT2D eigenvalue weighted by molar-refractivity contribution is 7.15. The fourth-order valence-corrected chi connectivity index (χ4v) is 4.58. The van der Waals surface area contributed by atoms with Crippen LogP contribution in [0.4, 0.5) is 13.2 Å². The number of hydrogen-bond donors (Lipinski definition) is 0. The van der Waals surface area contributed by atoms with Gasteiger partial charge in [0.2, 0.25) is 0 Å². The number of imidazole rings is 1. The molecule has 9 heteroatoms. The van der Waals surface area contributed by atoms with Gasteiger partial charge in [-0.1, -0.05) is 12.1 Å². The van der Waals surface area contributed by atoms with Gasteiger partial charge in [0.1, 0.15) is 0 Å². The highest BCUT2D eigenvalue weighted by Crippen LogP contribution is 2.31. The van der Waals surface area contributed by atoms with Gasteiger partial charge in [0.05, 0.1) is 22.6 Å². The van der Waals surface area contributed by atoms with E-state index in [0.717, 1.165) is 60.1 Å². The van der Waals surface area contributed by atoms with E-state index in [-0.39, 0.29) is 0 Å². The molecular formula is C21H18F3N5S. The number of fused-ring (bicyclic) bond motifs is 2. The van der Waals surface area contributed by atoms with Gasteiger partial charge in [-0.2, -0.15) is 13.2 Å². The summed E-state index contributed by atoms with van der Waals surface area (Å²) in [5.74, 6) is 0.461. The average molecular weight is 429 g/mol. The maximum atomic E-state index is 12.8. The monoisotopic (exact) mass is 429 g/mol. The molecular weight excluding hydrogens is 411 g/mol. The van der Waals surface area contributed by atoms with Gasteiger partial charge in [0.25, 0.3) is 0 Å². The second kappa shape index (κ2) is 7.17. The van der Waals surface area contributed by atoms with E-state index in [9.17, 15) is 13.2 Å². The van der Waals surface area contributed by atoms with Crippen molar-refractivity contribution in [3.8, 4) is 11.4 Å². The summed E-state index contributed by atoms with van der Waals surface area (Å²) in [7, 11) is 0. The molecule has 0 N–H and O–H groups in total. The molecule has 0 radical (unpaired) electrons. The van der Waals surface area contributed by atoms with Crippen molar-refractivity contribution in [1.82, 2.24) is 24.3 Å². The SMILES string of the molecule is Cc1nc2sccn2c1CN1CCc2nc(-c3ccc(C(F)(F)F)cc3)ncc2C1. The summed E-state index contributed by atoms with van der Waals surface area (Å²) >= 11 is 1.63. The molecule has 0 saturated carbocycles. The van der Waals surface area contributed by atoms with Gasteiger partial charge in [-0.3, -0.25) is 9.30 Å². The first-order valence-corrected chi connectivity index (χ1v) is 10.4. The summed E-state index contributed by atoms with van der Waals surface area (Å²) in [4.78, 5) is 17.0. The molecule has 0 fully saturated rings. The molecule has 154 valence electrons. The van der Waals surface area contributed by atoms with E-state index in [2.05, 4.69) is 24.3 Å². The Labute approximate surface area is 174 Å². The van der Waals surface area contributed by atoms with Gasteiger partial charge in [-0.05, 0) is 19.1 Å². The lowest BCUT2D eigenvalue weighted by molar-refractivity contribution is -0.137. The van der Waals surface area contributed by atoms with Crippen molar-refractivity contribution < 1.29 is 13.2 Å². The Balaban J connectivity index is 1.35. The number of alkyl halides is 3. The molecule has 0 bridgehead atoms. The van der Waals surface area contributed by atoms with E-state index in [0.29, 0.717) is 11.4 Å². The molecule has 0 saturated heterocycles. The van der Waals surface area contributed by atoms with E-state index >= 15 is 0 Å². The van der Waals surface area contributed by atoms with Crippen molar-refractivity contribution in [2.24, 2.45) is 0 Å². The van der Waals surface area contributed by atoms with Gasteiger partial charge in [-0.15, -0.1) is 11.3 Å². The largest absolute Gasteiger partial charge is 0.416 e. The molecule has 4 aromatic rings. The van der Waals surface area contributed by atoms with Crippen molar-refractivity contribution >= 4 is 16.3 Å². The van der Waals surface area contributed by atoms with Crippen molar-refractivity contribution in [2.75, 3.05) is 6.54 Å². The van der Waals surface area contributed by atoms with Crippen LogP contribution in [0.3, 0.4) is 0 Å². The Hall–Kier alpha value is -2.78. The summed E-state index contributed by atoms with van der Waals surface area (Å²) in [5, 5.41) is 2.04. The van der Waals surface area contributed by atoms with Crippen LogP contribution in [0.25, 0.3) is 16.3 Å². The van der Waals surface area contributed by atoms with Gasteiger partial charge >= 0.3 is 6.18 Å². The molecule has 0 amide bonds. The first kappa shape index (κ1) is 19.2. The molecule has 5 rings (SSSR count). The Morgan fingerprint density at radius 3 is 2.70 bits per heavy atom. The Morgan fingerprint density at radius 1 is 1.13 bits per heavy atom. The van der Waals surface area contributed by atoms with Crippen LogP contribution in [0.5, 0.6) is 0 Å². The fourth-order valence-electron chi connectivity index (χ4n) is 3.80. The van der Waals surface area contributed by atoms with Crippen LogP contribution in [0.15, 0.2) is 42.0 Å². The van der Waals surface area contributed by atoms with Crippen LogP contribution in [-0.2, 0) is 25.7 Å². The molecule has 0 unspecified atom stereocenters. The van der Waals surface area contributed by atoms with Crippen molar-refractivity contribution in [3.05, 3.63) is 70.2 Å². The lowest BCUT2D eigenvalue weighted by Gasteiger charge is -2.28. The van der Waals surface area contributed by atoms with Gasteiger partial charge in [-0.25, -0.2) is 15.0 Å². The zero-order chi connectivity index (χ0) is 20.9. The van der Waals surface area contributed by atoms with Gasteiger partial charge in [0.15, 0.2) is 10.8 Å². The van der Waals surface area contributed by atoms with Crippen LogP contribution in [0.2, 0.25) is 0 Å². The number of rotatable bonds is 3. The predicted octanol–water partition coefficient (Wildman–Crippen LogP) is 4.74. The molecule has 5 nitrogen and oxygen atoms in total. The summed E-state index contributed by atoms with van der Waals surface area (Å²) in [5.41, 5.74) is 4.17. The normalized spacial score (nSPS) is 14.9. The fraction of sp³-hybridized carbons (Fsp3) is 0.286. The number of aromatic nitrogens is 4. The second-order valence-corrected chi connectivity index (χ2v) is 8.27. The number of benzene rings is 1. The molecule has 0 spiro atoms. The Kier molecular flexibility index (Phi) is 4.59. The first-order chi connectivity index (χ1) is 14.4. The maximum Gasteiger partial charge on any atom is 0.416 e. The minimum absolute atomic E-state index is 0.461. The molecule has 0 atom stereocenters. The Morgan fingerprint density at radius 2 is 1.93 bits per heavy atom. The van der Waals surface area contributed by atoms with Crippen LogP contribution >= 0.6 is 11.3 Å². The molecule has 4 heterocycles. The molecule has 1 aromatic carbocycles. The lowest BCUT2D eigenvalue weighted by atomic mass is 10.1. The van der Waals surface area contributed by atoms with Crippen molar-refractivity contribution in [1.29, 1.82) is 0 Å². The third kappa shape index (κ3) is 3.48. The van der Waals surface area contributed by atoms with Crippen LogP contribution in [-0.4, -0.2) is 30.8 Å². The van der Waals surface area contributed by atoms with Crippen LogP contribution in [0.1, 0.15) is 28.2 Å². The molecule has 0 aliphatic carbocycles. The second-order valence-electron chi connectivity index (χ2n) is 7.40. The minimum atomic E-state index is -4.35. The van der Waals surface area contributed by atoms with E-state index in [1.54, 1.807) is 17.5 Å². The minimum Gasteiger partial charge on any atom is -0.293 e. The number of thiazole rings is 1. The third-order valence-electron chi connectivity index (χ3n) is 5.42. The van der Waals surface area contributed by atoms with E-state index < -0.39 is 11.7 Å². The van der Waals surface area contributed by atoms with Gasteiger partial charge in [0, 0.05) is 55.0 Å². The highest BCUT2D eigenvalue weighted by Gasteiger charge is 2.30. The number of aryl methyl sites for hydroxylation is 1. The number of halogens is 3. The van der Waals surface area contributed by atoms with E-state index in [1.165, 1.54) is 17.8 Å². The summed E-state index contributed by atoms with van der Waals surface area (Å²) in [6, 6.07) is 4.99. The first-order valence-electron chi connectivity index (χ1n) is 9.54.